The van der Waals surface area contributed by atoms with Crippen LogP contribution in [0.4, 0.5) is 0 Å². The van der Waals surface area contributed by atoms with Gasteiger partial charge in [-0.15, -0.1) is 11.6 Å². The van der Waals surface area contributed by atoms with E-state index in [1.54, 1.807) is 7.05 Å². The zero-order valence-corrected chi connectivity index (χ0v) is 13.4. The Bertz CT molecular complexity index is 692. The van der Waals surface area contributed by atoms with Crippen molar-refractivity contribution in [2.45, 2.75) is 6.42 Å². The maximum atomic E-state index is 11.9. The number of amides is 2. The zero-order chi connectivity index (χ0) is 16.7. The van der Waals surface area contributed by atoms with Crippen molar-refractivity contribution in [2.24, 2.45) is 0 Å². The summed E-state index contributed by atoms with van der Waals surface area (Å²) in [5.74, 6) is -0.0767. The van der Waals surface area contributed by atoms with Crippen LogP contribution in [0.1, 0.15) is 16.1 Å². The van der Waals surface area contributed by atoms with Crippen molar-refractivity contribution in [3.05, 3.63) is 47.8 Å². The number of nitrogens with zero attached hydrogens (tertiary/aromatic N) is 2. The molecular weight excluding hydrogens is 316 g/mol. The second-order valence-electron chi connectivity index (χ2n) is 4.73. The average Bonchev–Trinajstić information content (AvgIpc) is 2.61. The fourth-order valence-corrected chi connectivity index (χ4v) is 2.12. The fourth-order valence-electron chi connectivity index (χ4n) is 2.03. The van der Waals surface area contributed by atoms with Gasteiger partial charge in [0.25, 0.3) is 5.91 Å². The van der Waals surface area contributed by atoms with Crippen LogP contribution in [0.3, 0.4) is 0 Å². The van der Waals surface area contributed by atoms with Crippen molar-refractivity contribution in [3.63, 3.8) is 0 Å². The van der Waals surface area contributed by atoms with Crippen molar-refractivity contribution in [1.82, 2.24) is 20.6 Å². The number of hydrogen-bond donors (Lipinski definition) is 2. The average molecular weight is 333 g/mol. The molecule has 1 aromatic carbocycles. The second kappa shape index (κ2) is 8.24. The van der Waals surface area contributed by atoms with Gasteiger partial charge in [0.2, 0.25) is 5.91 Å². The Hall–Kier alpha value is -2.47. The molecule has 1 heterocycles. The Morgan fingerprint density at radius 2 is 1.96 bits per heavy atom. The van der Waals surface area contributed by atoms with E-state index in [0.717, 1.165) is 5.56 Å². The molecule has 0 fully saturated rings. The second-order valence-corrected chi connectivity index (χ2v) is 5.00. The van der Waals surface area contributed by atoms with E-state index in [1.165, 1.54) is 6.20 Å². The van der Waals surface area contributed by atoms with E-state index < -0.39 is 0 Å². The van der Waals surface area contributed by atoms with Gasteiger partial charge >= 0.3 is 0 Å². The van der Waals surface area contributed by atoms with Gasteiger partial charge in [-0.1, -0.05) is 30.3 Å². The van der Waals surface area contributed by atoms with Crippen molar-refractivity contribution in [1.29, 1.82) is 0 Å². The molecule has 2 N–H and O–H groups in total. The van der Waals surface area contributed by atoms with Gasteiger partial charge in [0.15, 0.2) is 5.82 Å². The van der Waals surface area contributed by atoms with Crippen molar-refractivity contribution in [3.8, 4) is 11.4 Å². The van der Waals surface area contributed by atoms with E-state index in [-0.39, 0.29) is 17.7 Å². The van der Waals surface area contributed by atoms with Gasteiger partial charge in [0.05, 0.1) is 11.3 Å². The van der Waals surface area contributed by atoms with Crippen LogP contribution in [-0.2, 0) is 11.2 Å². The smallest absolute Gasteiger partial charge is 0.254 e. The van der Waals surface area contributed by atoms with Gasteiger partial charge < -0.3 is 10.6 Å². The van der Waals surface area contributed by atoms with Crippen LogP contribution >= 0.6 is 11.6 Å². The lowest BCUT2D eigenvalue weighted by molar-refractivity contribution is -0.118. The van der Waals surface area contributed by atoms with E-state index in [4.69, 9.17) is 11.6 Å². The molecule has 2 aromatic rings. The van der Waals surface area contributed by atoms with E-state index in [9.17, 15) is 9.59 Å². The number of carbonyl (C=O) groups excluding carboxylic acids is 2. The monoisotopic (exact) mass is 332 g/mol. The minimum atomic E-state index is -0.261. The first-order valence-electron chi connectivity index (χ1n) is 7.11. The molecule has 0 aliphatic rings. The number of rotatable bonds is 6. The Balaban J connectivity index is 2.27. The molecule has 2 rings (SSSR count). The normalized spacial score (nSPS) is 10.2. The lowest BCUT2D eigenvalue weighted by Crippen LogP contribution is -2.28. The number of alkyl halides is 1. The summed E-state index contributed by atoms with van der Waals surface area (Å²) in [5.41, 5.74) is 1.84. The van der Waals surface area contributed by atoms with Gasteiger partial charge in [-0.05, 0) is 0 Å². The summed E-state index contributed by atoms with van der Waals surface area (Å²) < 4.78 is 0. The Labute approximate surface area is 139 Å². The highest BCUT2D eigenvalue weighted by atomic mass is 35.5. The van der Waals surface area contributed by atoms with E-state index in [1.807, 2.05) is 30.3 Å². The van der Waals surface area contributed by atoms with Gasteiger partial charge in [0, 0.05) is 31.8 Å². The van der Waals surface area contributed by atoms with E-state index >= 15 is 0 Å². The molecule has 0 spiro atoms. The minimum Gasteiger partial charge on any atom is -0.355 e. The third-order valence-electron chi connectivity index (χ3n) is 3.18. The maximum absolute atomic E-state index is 11.9. The van der Waals surface area contributed by atoms with E-state index in [0.29, 0.717) is 30.0 Å². The molecule has 0 saturated heterocycles. The Kier molecular flexibility index (Phi) is 6.05. The summed E-state index contributed by atoms with van der Waals surface area (Å²) in [7, 11) is 1.55. The highest BCUT2D eigenvalue weighted by Crippen LogP contribution is 2.16. The van der Waals surface area contributed by atoms with Crippen LogP contribution in [0, 0.1) is 0 Å². The third-order valence-corrected chi connectivity index (χ3v) is 3.42. The summed E-state index contributed by atoms with van der Waals surface area (Å²) in [6.45, 7) is 0.348. The number of carbonyl (C=O) groups is 2. The zero-order valence-electron chi connectivity index (χ0n) is 12.7. The molecule has 2 amide bonds. The molecule has 120 valence electrons. The first kappa shape index (κ1) is 16.9. The standard InChI is InChI=1S/C16H17ClN4O2/c1-18-16(23)12-10-20-15(11-5-3-2-4-6-11)21-13(12)7-8-19-14(22)9-17/h2-6,10H,7-9H2,1H3,(H,18,23)(H,19,22). The lowest BCUT2D eigenvalue weighted by Gasteiger charge is -2.10. The van der Waals surface area contributed by atoms with Crippen LogP contribution in [0.2, 0.25) is 0 Å². The molecule has 7 heteroatoms. The third kappa shape index (κ3) is 4.50. The van der Waals surface area contributed by atoms with Crippen LogP contribution in [0.5, 0.6) is 0 Å². The summed E-state index contributed by atoms with van der Waals surface area (Å²) >= 11 is 5.44. The topological polar surface area (TPSA) is 84.0 Å². The molecular formula is C16H17ClN4O2. The molecule has 0 atom stereocenters. The number of aromatic nitrogens is 2. The summed E-state index contributed by atoms with van der Waals surface area (Å²) in [5, 5.41) is 5.23. The first-order valence-corrected chi connectivity index (χ1v) is 7.65. The molecule has 0 radical (unpaired) electrons. The van der Waals surface area contributed by atoms with Gasteiger partial charge in [0.1, 0.15) is 5.88 Å². The van der Waals surface area contributed by atoms with Crippen molar-refractivity contribution in [2.75, 3.05) is 19.5 Å². The van der Waals surface area contributed by atoms with Crippen molar-refractivity contribution >= 4 is 23.4 Å². The summed E-state index contributed by atoms with van der Waals surface area (Å²) in [6.07, 6.45) is 1.92. The lowest BCUT2D eigenvalue weighted by atomic mass is 10.1. The molecule has 0 aliphatic carbocycles. The van der Waals surface area contributed by atoms with Crippen LogP contribution < -0.4 is 10.6 Å². The molecule has 0 saturated carbocycles. The SMILES string of the molecule is CNC(=O)c1cnc(-c2ccccc2)nc1CCNC(=O)CCl. The molecule has 6 nitrogen and oxygen atoms in total. The van der Waals surface area contributed by atoms with Crippen molar-refractivity contribution < 1.29 is 9.59 Å². The van der Waals surface area contributed by atoms with Crippen LogP contribution in [-0.4, -0.2) is 41.3 Å². The number of benzene rings is 1. The van der Waals surface area contributed by atoms with Gasteiger partial charge in [-0.2, -0.15) is 0 Å². The number of halogens is 1. The predicted molar refractivity (Wildman–Crippen MR) is 88.3 cm³/mol. The van der Waals surface area contributed by atoms with Crippen LogP contribution in [0.15, 0.2) is 36.5 Å². The Morgan fingerprint density at radius 3 is 2.61 bits per heavy atom. The number of hydrogen-bond acceptors (Lipinski definition) is 4. The number of nitrogens with one attached hydrogen (secondary N) is 2. The fraction of sp³-hybridized carbons (Fsp3) is 0.250. The van der Waals surface area contributed by atoms with Gasteiger partial charge in [-0.3, -0.25) is 9.59 Å². The maximum Gasteiger partial charge on any atom is 0.254 e. The quantitative estimate of drug-likeness (QED) is 0.783. The molecule has 1 aromatic heterocycles. The highest BCUT2D eigenvalue weighted by molar-refractivity contribution is 6.27. The minimum absolute atomic E-state index is 0.0959. The van der Waals surface area contributed by atoms with E-state index in [2.05, 4.69) is 20.6 Å². The Morgan fingerprint density at radius 1 is 1.22 bits per heavy atom. The summed E-state index contributed by atoms with van der Waals surface area (Å²) in [4.78, 5) is 31.9. The molecule has 23 heavy (non-hydrogen) atoms. The highest BCUT2D eigenvalue weighted by Gasteiger charge is 2.14. The molecule has 0 aliphatic heterocycles. The first-order chi connectivity index (χ1) is 11.2. The molecule has 0 unspecified atom stereocenters. The van der Waals surface area contributed by atoms with Crippen LogP contribution in [0.25, 0.3) is 11.4 Å². The van der Waals surface area contributed by atoms with Gasteiger partial charge in [-0.25, -0.2) is 9.97 Å². The predicted octanol–water partition coefficient (Wildman–Crippen LogP) is 1.40. The largest absolute Gasteiger partial charge is 0.355 e. The molecule has 0 bridgehead atoms. The summed E-state index contributed by atoms with van der Waals surface area (Å²) in [6, 6.07) is 9.49.